The van der Waals surface area contributed by atoms with E-state index in [-0.39, 0.29) is 11.3 Å². The number of likely N-dealkylation sites (N-methyl/N-ethyl adjacent to an activating group) is 1. The molecule has 2 aromatic carbocycles. The van der Waals surface area contributed by atoms with Gasteiger partial charge in [-0.05, 0) is 67.4 Å². The number of carbonyl (C=O) groups excluding carboxylic acids is 2. The van der Waals surface area contributed by atoms with Gasteiger partial charge in [0.2, 0.25) is 5.75 Å². The lowest BCUT2D eigenvalue weighted by Gasteiger charge is -2.29. The summed E-state index contributed by atoms with van der Waals surface area (Å²) in [5.74, 6) is 0.559. The van der Waals surface area contributed by atoms with Gasteiger partial charge in [-0.15, -0.1) is 0 Å². The SMILES string of the molecule is CCN(CC)CCN1C(=O)C(=O)/C(=C(/O)c2ccc(OCC(C)C)c(C)c2)[C@@H]1c1cc(OC)c(OC)c(OC)c1. The van der Waals surface area contributed by atoms with E-state index in [9.17, 15) is 14.7 Å². The van der Waals surface area contributed by atoms with Crippen LogP contribution < -0.4 is 18.9 Å². The van der Waals surface area contributed by atoms with Crippen molar-refractivity contribution in [1.82, 2.24) is 9.80 Å². The van der Waals surface area contributed by atoms with Gasteiger partial charge in [0, 0.05) is 18.7 Å². The van der Waals surface area contributed by atoms with Gasteiger partial charge >= 0.3 is 0 Å². The van der Waals surface area contributed by atoms with Gasteiger partial charge in [0.15, 0.2) is 11.5 Å². The van der Waals surface area contributed by atoms with Crippen LogP contribution in [0.4, 0.5) is 0 Å². The van der Waals surface area contributed by atoms with Crippen molar-refractivity contribution in [3.63, 3.8) is 0 Å². The van der Waals surface area contributed by atoms with Gasteiger partial charge < -0.3 is 33.9 Å². The number of carbonyl (C=O) groups is 2. The zero-order valence-electron chi connectivity index (χ0n) is 24.9. The Morgan fingerprint density at radius 3 is 2.10 bits per heavy atom. The number of ether oxygens (including phenoxy) is 4. The molecule has 1 aliphatic heterocycles. The maximum Gasteiger partial charge on any atom is 0.295 e. The van der Waals surface area contributed by atoms with Crippen LogP contribution >= 0.6 is 0 Å². The maximum atomic E-state index is 13.5. The molecule has 3 rings (SSSR count). The summed E-state index contributed by atoms with van der Waals surface area (Å²) >= 11 is 0. The molecule has 0 saturated carbocycles. The number of aliphatic hydroxyl groups is 1. The van der Waals surface area contributed by atoms with Crippen molar-refractivity contribution in [2.24, 2.45) is 5.92 Å². The third-order valence-electron chi connectivity index (χ3n) is 7.11. The van der Waals surface area contributed by atoms with Crippen molar-refractivity contribution in [2.45, 2.75) is 40.7 Å². The molecule has 9 nitrogen and oxygen atoms in total. The van der Waals surface area contributed by atoms with Crippen LogP contribution in [0.2, 0.25) is 0 Å². The van der Waals surface area contributed by atoms with E-state index < -0.39 is 17.7 Å². The van der Waals surface area contributed by atoms with Crippen LogP contribution in [0.15, 0.2) is 35.9 Å². The van der Waals surface area contributed by atoms with Gasteiger partial charge in [-0.1, -0.05) is 27.7 Å². The molecule has 218 valence electrons. The summed E-state index contributed by atoms with van der Waals surface area (Å²) in [4.78, 5) is 30.6. The molecule has 1 saturated heterocycles. The second-order valence-electron chi connectivity index (χ2n) is 10.2. The normalized spacial score (nSPS) is 16.6. The number of aryl methyl sites for hydroxylation is 1. The molecule has 1 N–H and O–H groups in total. The molecule has 1 aliphatic rings. The van der Waals surface area contributed by atoms with E-state index in [1.54, 1.807) is 30.3 Å². The second-order valence-corrected chi connectivity index (χ2v) is 10.2. The quantitative estimate of drug-likeness (QED) is 0.214. The number of Topliss-reactive ketones (excluding diaryl/α,β-unsaturated/α-hetero) is 1. The summed E-state index contributed by atoms with van der Waals surface area (Å²) in [5, 5.41) is 11.6. The van der Waals surface area contributed by atoms with Crippen molar-refractivity contribution >= 4 is 17.4 Å². The molecular formula is C31H42N2O7. The Hall–Kier alpha value is -3.72. The summed E-state index contributed by atoms with van der Waals surface area (Å²) in [7, 11) is 4.52. The van der Waals surface area contributed by atoms with E-state index in [0.29, 0.717) is 59.7 Å². The van der Waals surface area contributed by atoms with Crippen LogP contribution in [0.3, 0.4) is 0 Å². The molecule has 0 spiro atoms. The van der Waals surface area contributed by atoms with E-state index in [2.05, 4.69) is 18.7 Å². The van der Waals surface area contributed by atoms with E-state index >= 15 is 0 Å². The summed E-state index contributed by atoms with van der Waals surface area (Å²) in [6.45, 7) is 13.1. The summed E-state index contributed by atoms with van der Waals surface area (Å²) in [6, 6.07) is 7.81. The van der Waals surface area contributed by atoms with Crippen LogP contribution in [0.1, 0.15) is 50.4 Å². The fourth-order valence-corrected chi connectivity index (χ4v) is 4.88. The Bertz CT molecular complexity index is 1230. The van der Waals surface area contributed by atoms with Crippen LogP contribution in [0.5, 0.6) is 23.0 Å². The highest BCUT2D eigenvalue weighted by Crippen LogP contribution is 2.45. The first-order valence-electron chi connectivity index (χ1n) is 13.7. The minimum absolute atomic E-state index is 0.00840. The smallest absolute Gasteiger partial charge is 0.295 e. The largest absolute Gasteiger partial charge is 0.507 e. The predicted molar refractivity (Wildman–Crippen MR) is 154 cm³/mol. The Kier molecular flexibility index (Phi) is 10.5. The molecule has 40 heavy (non-hydrogen) atoms. The topological polar surface area (TPSA) is 97.8 Å². The number of likely N-dealkylation sites (tertiary alicyclic amines) is 1. The number of amides is 1. The number of hydrogen-bond donors (Lipinski definition) is 1. The van der Waals surface area contributed by atoms with Crippen molar-refractivity contribution in [1.29, 1.82) is 0 Å². The maximum absolute atomic E-state index is 13.5. The molecule has 1 amide bonds. The Morgan fingerprint density at radius 2 is 1.60 bits per heavy atom. The fraction of sp³-hybridized carbons (Fsp3) is 0.484. The van der Waals surface area contributed by atoms with Crippen LogP contribution in [0.25, 0.3) is 5.76 Å². The molecule has 9 heteroatoms. The molecule has 0 radical (unpaired) electrons. The summed E-state index contributed by atoms with van der Waals surface area (Å²) < 4.78 is 22.5. The van der Waals surface area contributed by atoms with E-state index in [0.717, 1.165) is 18.7 Å². The Balaban J connectivity index is 2.18. The molecule has 1 atom stereocenters. The van der Waals surface area contributed by atoms with Gasteiger partial charge in [-0.2, -0.15) is 0 Å². The summed E-state index contributed by atoms with van der Waals surface area (Å²) in [6.07, 6.45) is 0. The molecule has 0 aromatic heterocycles. The lowest BCUT2D eigenvalue weighted by Crippen LogP contribution is -2.38. The zero-order valence-corrected chi connectivity index (χ0v) is 24.9. The first-order chi connectivity index (χ1) is 19.1. The molecule has 0 bridgehead atoms. The minimum Gasteiger partial charge on any atom is -0.507 e. The Labute approximate surface area is 237 Å². The van der Waals surface area contributed by atoms with E-state index in [1.807, 2.05) is 20.8 Å². The van der Waals surface area contributed by atoms with Gasteiger partial charge in [0.25, 0.3) is 11.7 Å². The third kappa shape index (κ3) is 6.36. The molecule has 2 aromatic rings. The standard InChI is InChI=1S/C31H42N2O7/c1-9-32(10-2)13-14-33-27(22-16-24(37-6)30(39-8)25(17-22)38-7)26(29(35)31(33)36)28(34)21-11-12-23(20(5)15-21)40-18-19(3)4/h11-12,15-17,19,27,34H,9-10,13-14,18H2,1-8H3/b28-26+/t27-/m0/s1. The number of aliphatic hydroxyl groups excluding tert-OH is 1. The zero-order chi connectivity index (χ0) is 29.6. The van der Waals surface area contributed by atoms with Gasteiger partial charge in [0.1, 0.15) is 11.5 Å². The predicted octanol–water partition coefficient (Wildman–Crippen LogP) is 4.82. The van der Waals surface area contributed by atoms with Crippen LogP contribution in [0, 0.1) is 12.8 Å². The van der Waals surface area contributed by atoms with Gasteiger partial charge in [-0.3, -0.25) is 9.59 Å². The lowest BCUT2D eigenvalue weighted by molar-refractivity contribution is -0.140. The number of methoxy groups -OCH3 is 3. The molecule has 1 fully saturated rings. The van der Waals surface area contributed by atoms with Gasteiger partial charge in [-0.25, -0.2) is 0 Å². The lowest BCUT2D eigenvalue weighted by atomic mass is 9.94. The molecule has 0 aliphatic carbocycles. The first kappa shape index (κ1) is 30.8. The van der Waals surface area contributed by atoms with E-state index in [4.69, 9.17) is 18.9 Å². The highest BCUT2D eigenvalue weighted by molar-refractivity contribution is 6.46. The highest BCUT2D eigenvalue weighted by Gasteiger charge is 2.46. The number of rotatable bonds is 13. The second kappa shape index (κ2) is 13.6. The molecule has 1 heterocycles. The van der Waals surface area contributed by atoms with Crippen molar-refractivity contribution in [3.8, 4) is 23.0 Å². The van der Waals surface area contributed by atoms with Crippen LogP contribution in [-0.2, 0) is 9.59 Å². The molecular weight excluding hydrogens is 512 g/mol. The third-order valence-corrected chi connectivity index (χ3v) is 7.11. The first-order valence-corrected chi connectivity index (χ1v) is 13.7. The average Bonchev–Trinajstić information content (AvgIpc) is 3.20. The highest BCUT2D eigenvalue weighted by atomic mass is 16.5. The minimum atomic E-state index is -0.860. The van der Waals surface area contributed by atoms with Crippen LogP contribution in [-0.4, -0.2) is 80.7 Å². The average molecular weight is 555 g/mol. The fourth-order valence-electron chi connectivity index (χ4n) is 4.88. The summed E-state index contributed by atoms with van der Waals surface area (Å²) in [5.41, 5.74) is 1.80. The number of ketones is 1. The van der Waals surface area contributed by atoms with Crippen molar-refractivity contribution in [2.75, 3.05) is 54.1 Å². The molecule has 0 unspecified atom stereocenters. The van der Waals surface area contributed by atoms with Crippen molar-refractivity contribution in [3.05, 3.63) is 52.6 Å². The van der Waals surface area contributed by atoms with Crippen molar-refractivity contribution < 1.29 is 33.6 Å². The van der Waals surface area contributed by atoms with Gasteiger partial charge in [0.05, 0.1) is 39.6 Å². The van der Waals surface area contributed by atoms with E-state index in [1.165, 1.54) is 26.2 Å². The Morgan fingerprint density at radius 1 is 0.975 bits per heavy atom. The number of nitrogens with zero attached hydrogens (tertiary/aromatic N) is 2. The number of benzene rings is 2. The monoisotopic (exact) mass is 554 g/mol. The number of hydrogen-bond acceptors (Lipinski definition) is 8.